The predicted octanol–water partition coefficient (Wildman–Crippen LogP) is 4.86. The summed E-state index contributed by atoms with van der Waals surface area (Å²) in [6, 6.07) is 16.2. The zero-order valence-corrected chi connectivity index (χ0v) is 19.2. The summed E-state index contributed by atoms with van der Waals surface area (Å²) in [6.07, 6.45) is 3.59. The smallest absolute Gasteiger partial charge is 0.231 e. The number of hydrogen-bond donors (Lipinski definition) is 2. The van der Waals surface area contributed by atoms with Crippen LogP contribution in [0.25, 0.3) is 0 Å². The van der Waals surface area contributed by atoms with Gasteiger partial charge in [-0.1, -0.05) is 40.2 Å². The molecule has 7 nitrogen and oxygen atoms in total. The normalized spacial score (nSPS) is 13.7. The first kappa shape index (κ1) is 21.4. The summed E-state index contributed by atoms with van der Waals surface area (Å²) in [5.74, 6) is 2.69. The summed E-state index contributed by atoms with van der Waals surface area (Å²) < 4.78 is 6.37. The minimum absolute atomic E-state index is 0.565. The minimum atomic E-state index is 0.565. The van der Waals surface area contributed by atoms with Crippen LogP contribution < -0.4 is 20.3 Å². The molecule has 0 saturated carbocycles. The van der Waals surface area contributed by atoms with Crippen molar-refractivity contribution in [2.45, 2.75) is 32.4 Å². The van der Waals surface area contributed by atoms with Crippen molar-refractivity contribution in [3.63, 3.8) is 0 Å². The average Bonchev–Trinajstić information content (AvgIpc) is 2.82. The Balaban J connectivity index is 1.51. The summed E-state index contributed by atoms with van der Waals surface area (Å²) in [6.45, 7) is 3.19. The van der Waals surface area contributed by atoms with Crippen molar-refractivity contribution >= 4 is 33.8 Å². The second-order valence-electron chi connectivity index (χ2n) is 7.52. The van der Waals surface area contributed by atoms with Gasteiger partial charge in [-0.25, -0.2) is 0 Å². The third-order valence-electron chi connectivity index (χ3n) is 5.19. The topological polar surface area (TPSA) is 75.2 Å². The zero-order chi connectivity index (χ0) is 21.5. The molecule has 0 unspecified atom stereocenters. The van der Waals surface area contributed by atoms with Gasteiger partial charge in [0.05, 0.1) is 7.11 Å². The Hall–Kier alpha value is -2.87. The summed E-state index contributed by atoms with van der Waals surface area (Å²) in [4.78, 5) is 16.2. The number of aromatic nitrogens is 3. The molecule has 31 heavy (non-hydrogen) atoms. The van der Waals surface area contributed by atoms with Gasteiger partial charge in [-0.2, -0.15) is 15.0 Å². The summed E-state index contributed by atoms with van der Waals surface area (Å²) in [5, 5.41) is 6.70. The average molecular weight is 483 g/mol. The molecule has 2 aromatic carbocycles. The Morgan fingerprint density at radius 3 is 2.16 bits per heavy atom. The first-order chi connectivity index (χ1) is 15.2. The van der Waals surface area contributed by atoms with Gasteiger partial charge in [-0.3, -0.25) is 0 Å². The molecule has 0 amide bonds. The Morgan fingerprint density at radius 1 is 0.871 bits per heavy atom. The molecule has 0 radical (unpaired) electrons. The summed E-state index contributed by atoms with van der Waals surface area (Å²) in [7, 11) is 1.67. The van der Waals surface area contributed by atoms with Crippen molar-refractivity contribution in [3.05, 3.63) is 64.1 Å². The number of nitrogens with one attached hydrogen (secondary N) is 2. The van der Waals surface area contributed by atoms with Crippen LogP contribution in [0.15, 0.2) is 53.0 Å². The van der Waals surface area contributed by atoms with E-state index in [1.807, 2.05) is 30.3 Å². The van der Waals surface area contributed by atoms with E-state index in [0.717, 1.165) is 40.4 Å². The second-order valence-corrected chi connectivity index (χ2v) is 8.43. The van der Waals surface area contributed by atoms with Gasteiger partial charge in [-0.05, 0) is 54.7 Å². The quantitative estimate of drug-likeness (QED) is 0.474. The Morgan fingerprint density at radius 2 is 1.52 bits per heavy atom. The molecule has 8 heteroatoms. The van der Waals surface area contributed by atoms with Crippen molar-refractivity contribution in [2.24, 2.45) is 0 Å². The van der Waals surface area contributed by atoms with Crippen molar-refractivity contribution in [1.29, 1.82) is 0 Å². The van der Waals surface area contributed by atoms with Gasteiger partial charge in [0.1, 0.15) is 5.75 Å². The number of nitrogens with zero attached hydrogens (tertiary/aromatic N) is 4. The van der Waals surface area contributed by atoms with Crippen molar-refractivity contribution in [1.82, 2.24) is 15.0 Å². The Labute approximate surface area is 191 Å². The van der Waals surface area contributed by atoms with Gasteiger partial charge in [-0.15, -0.1) is 0 Å². The third kappa shape index (κ3) is 6.07. The van der Waals surface area contributed by atoms with Crippen LogP contribution in [0.1, 0.15) is 30.4 Å². The number of hydrogen-bond acceptors (Lipinski definition) is 7. The highest BCUT2D eigenvalue weighted by atomic mass is 79.9. The zero-order valence-electron chi connectivity index (χ0n) is 17.6. The second kappa shape index (κ2) is 10.4. The molecule has 2 N–H and O–H groups in total. The number of benzene rings is 2. The van der Waals surface area contributed by atoms with E-state index < -0.39 is 0 Å². The van der Waals surface area contributed by atoms with Crippen LogP contribution in [-0.2, 0) is 13.1 Å². The number of halogens is 1. The lowest BCUT2D eigenvalue weighted by molar-refractivity contribution is 0.414. The molecule has 0 bridgehead atoms. The first-order valence-corrected chi connectivity index (χ1v) is 11.3. The summed E-state index contributed by atoms with van der Waals surface area (Å²) in [5.41, 5.74) is 2.25. The van der Waals surface area contributed by atoms with Crippen LogP contribution in [0.5, 0.6) is 5.75 Å². The van der Waals surface area contributed by atoms with E-state index in [4.69, 9.17) is 14.7 Å². The van der Waals surface area contributed by atoms with Crippen LogP contribution in [-0.4, -0.2) is 35.2 Å². The van der Waals surface area contributed by atoms with Gasteiger partial charge in [0.25, 0.3) is 0 Å². The van der Waals surface area contributed by atoms with E-state index >= 15 is 0 Å². The highest BCUT2D eigenvalue weighted by molar-refractivity contribution is 9.10. The number of anilines is 3. The van der Waals surface area contributed by atoms with E-state index in [-0.39, 0.29) is 0 Å². The maximum Gasteiger partial charge on any atom is 0.231 e. The number of rotatable bonds is 8. The first-order valence-electron chi connectivity index (χ1n) is 10.6. The van der Waals surface area contributed by atoms with E-state index in [2.05, 4.69) is 54.6 Å². The molecular weight excluding hydrogens is 456 g/mol. The van der Waals surface area contributed by atoms with E-state index in [9.17, 15) is 0 Å². The van der Waals surface area contributed by atoms with Gasteiger partial charge < -0.3 is 20.3 Å². The molecule has 1 saturated heterocycles. The standard InChI is InChI=1S/C23H27BrN6O/c1-31-20-10-6-8-18(14-20)16-26-22-27-21(25-15-17-7-5-9-19(24)13-17)28-23(29-22)30-11-3-2-4-12-30/h5-10,13-14H,2-4,11-12,15-16H2,1H3,(H2,25,26,27,28,29). The molecular formula is C23H27BrN6O. The SMILES string of the molecule is COc1cccc(CNc2nc(NCc3cccc(Br)c3)nc(N3CCCCC3)n2)c1. The molecule has 3 aromatic rings. The van der Waals surface area contributed by atoms with Crippen LogP contribution in [0.2, 0.25) is 0 Å². The van der Waals surface area contributed by atoms with Gasteiger partial charge in [0.15, 0.2) is 0 Å². The monoisotopic (exact) mass is 482 g/mol. The number of methoxy groups -OCH3 is 1. The maximum absolute atomic E-state index is 5.32. The van der Waals surface area contributed by atoms with Crippen molar-refractivity contribution in [3.8, 4) is 5.75 Å². The van der Waals surface area contributed by atoms with Crippen LogP contribution in [0, 0.1) is 0 Å². The fourth-order valence-electron chi connectivity index (χ4n) is 3.55. The highest BCUT2D eigenvalue weighted by Gasteiger charge is 2.16. The van der Waals surface area contributed by atoms with E-state index in [1.54, 1.807) is 7.11 Å². The molecule has 0 aliphatic carbocycles. The molecule has 2 heterocycles. The summed E-state index contributed by atoms with van der Waals surface area (Å²) >= 11 is 3.52. The van der Waals surface area contributed by atoms with Crippen LogP contribution in [0.3, 0.4) is 0 Å². The van der Waals surface area contributed by atoms with E-state index in [1.165, 1.54) is 19.3 Å². The van der Waals surface area contributed by atoms with Crippen LogP contribution in [0.4, 0.5) is 17.8 Å². The lowest BCUT2D eigenvalue weighted by Gasteiger charge is -2.27. The lowest BCUT2D eigenvalue weighted by Crippen LogP contribution is -2.31. The molecule has 1 fully saturated rings. The minimum Gasteiger partial charge on any atom is -0.497 e. The van der Waals surface area contributed by atoms with Gasteiger partial charge in [0.2, 0.25) is 17.8 Å². The number of ether oxygens (including phenoxy) is 1. The molecule has 1 aliphatic rings. The predicted molar refractivity (Wildman–Crippen MR) is 128 cm³/mol. The molecule has 0 atom stereocenters. The molecule has 162 valence electrons. The number of piperidine rings is 1. The van der Waals surface area contributed by atoms with Crippen LogP contribution >= 0.6 is 15.9 Å². The molecule has 1 aliphatic heterocycles. The van der Waals surface area contributed by atoms with Gasteiger partial charge >= 0.3 is 0 Å². The molecule has 4 rings (SSSR count). The molecule has 1 aromatic heterocycles. The lowest BCUT2D eigenvalue weighted by atomic mass is 10.1. The third-order valence-corrected chi connectivity index (χ3v) is 5.68. The molecule has 0 spiro atoms. The van der Waals surface area contributed by atoms with Gasteiger partial charge in [0, 0.05) is 30.7 Å². The highest BCUT2D eigenvalue weighted by Crippen LogP contribution is 2.20. The fourth-order valence-corrected chi connectivity index (χ4v) is 4.00. The maximum atomic E-state index is 5.32. The Bertz CT molecular complexity index is 1010. The van der Waals surface area contributed by atoms with Crippen molar-refractivity contribution in [2.75, 3.05) is 35.7 Å². The fraction of sp³-hybridized carbons (Fsp3) is 0.348. The van der Waals surface area contributed by atoms with Crippen molar-refractivity contribution < 1.29 is 4.74 Å². The largest absolute Gasteiger partial charge is 0.497 e. The van der Waals surface area contributed by atoms with E-state index in [0.29, 0.717) is 25.0 Å². The Kier molecular flexibility index (Phi) is 7.19.